The van der Waals surface area contributed by atoms with Gasteiger partial charge in [-0.1, -0.05) is 35.9 Å². The van der Waals surface area contributed by atoms with Gasteiger partial charge in [-0.15, -0.1) is 0 Å². The summed E-state index contributed by atoms with van der Waals surface area (Å²) in [6, 6.07) is 17.1. The Hall–Kier alpha value is -2.99. The van der Waals surface area contributed by atoms with Crippen molar-refractivity contribution < 1.29 is 19.4 Å². The first-order chi connectivity index (χ1) is 14.4. The molecule has 0 aliphatic carbocycles. The van der Waals surface area contributed by atoms with Crippen molar-refractivity contribution in [3.63, 3.8) is 0 Å². The van der Waals surface area contributed by atoms with Crippen LogP contribution < -0.4 is 14.8 Å². The smallest absolute Gasteiger partial charge is 0.335 e. The molecular formula is C24H24BrNO4. The Labute approximate surface area is 184 Å². The minimum absolute atomic E-state index is 0.252. The van der Waals surface area contributed by atoms with Gasteiger partial charge in [0, 0.05) is 12.2 Å². The second-order valence-corrected chi connectivity index (χ2v) is 7.93. The number of carboxylic acid groups (broad SMARTS) is 1. The fraction of sp³-hybridized carbons (Fsp3) is 0.208. The summed E-state index contributed by atoms with van der Waals surface area (Å²) in [6.07, 6.45) is 0. The van der Waals surface area contributed by atoms with Gasteiger partial charge in [0.25, 0.3) is 0 Å². The number of halogens is 1. The number of carboxylic acids is 1. The Morgan fingerprint density at radius 1 is 1.07 bits per heavy atom. The second-order valence-electron chi connectivity index (χ2n) is 7.08. The number of nitrogens with one attached hydrogen (secondary N) is 1. The van der Waals surface area contributed by atoms with Crippen molar-refractivity contribution in [2.24, 2.45) is 0 Å². The number of carbonyl (C=O) groups is 1. The van der Waals surface area contributed by atoms with Crippen LogP contribution in [0.2, 0.25) is 0 Å². The lowest BCUT2D eigenvalue weighted by molar-refractivity contribution is 0.0697. The SMILES string of the molecule is COc1cc(CNc2cc(C(=O)O)ccc2C)cc(Br)c1OCc1cccc(C)c1. The number of methoxy groups -OCH3 is 1. The fourth-order valence-corrected chi connectivity index (χ4v) is 3.72. The highest BCUT2D eigenvalue weighted by Crippen LogP contribution is 2.37. The highest BCUT2D eigenvalue weighted by atomic mass is 79.9. The third kappa shape index (κ3) is 5.33. The topological polar surface area (TPSA) is 67.8 Å². The first-order valence-electron chi connectivity index (χ1n) is 9.50. The largest absolute Gasteiger partial charge is 0.493 e. The molecule has 3 rings (SSSR count). The number of ether oxygens (including phenoxy) is 2. The fourth-order valence-electron chi connectivity index (χ4n) is 3.12. The summed E-state index contributed by atoms with van der Waals surface area (Å²) in [5.41, 5.74) is 5.26. The maximum atomic E-state index is 11.2. The summed E-state index contributed by atoms with van der Waals surface area (Å²) in [5.74, 6) is 0.328. The molecule has 0 fully saturated rings. The van der Waals surface area contributed by atoms with E-state index in [0.717, 1.165) is 26.9 Å². The van der Waals surface area contributed by atoms with Crippen LogP contribution in [-0.4, -0.2) is 18.2 Å². The van der Waals surface area contributed by atoms with E-state index in [9.17, 15) is 9.90 Å². The van der Waals surface area contributed by atoms with Crippen molar-refractivity contribution in [1.82, 2.24) is 0 Å². The standard InChI is InChI=1S/C24H24BrNO4/c1-15-5-4-6-17(9-15)14-30-23-20(25)10-18(11-22(23)29-3)13-26-21-12-19(24(27)28)8-7-16(21)2/h4-12,26H,13-14H2,1-3H3,(H,27,28). The predicted octanol–water partition coefficient (Wildman–Crippen LogP) is 5.96. The molecule has 0 saturated heterocycles. The van der Waals surface area contributed by atoms with Crippen LogP contribution in [0.25, 0.3) is 0 Å². The molecule has 0 bridgehead atoms. The van der Waals surface area contributed by atoms with Gasteiger partial charge in [-0.05, 0) is 70.7 Å². The van der Waals surface area contributed by atoms with E-state index in [1.807, 2.05) is 31.2 Å². The predicted molar refractivity (Wildman–Crippen MR) is 122 cm³/mol. The monoisotopic (exact) mass is 469 g/mol. The summed E-state index contributed by atoms with van der Waals surface area (Å²) >= 11 is 3.59. The van der Waals surface area contributed by atoms with E-state index in [-0.39, 0.29) is 5.56 Å². The summed E-state index contributed by atoms with van der Waals surface area (Å²) < 4.78 is 12.4. The molecule has 6 heteroatoms. The van der Waals surface area contributed by atoms with Crippen LogP contribution in [0, 0.1) is 13.8 Å². The maximum Gasteiger partial charge on any atom is 0.335 e. The van der Waals surface area contributed by atoms with E-state index in [1.54, 1.807) is 25.3 Å². The van der Waals surface area contributed by atoms with Crippen LogP contribution in [0.15, 0.2) is 59.1 Å². The molecule has 0 radical (unpaired) electrons. The lowest BCUT2D eigenvalue weighted by Gasteiger charge is -2.16. The van der Waals surface area contributed by atoms with Gasteiger partial charge in [0.05, 0.1) is 17.1 Å². The first kappa shape index (κ1) is 21.7. The molecule has 3 aromatic carbocycles. The molecule has 5 nitrogen and oxygen atoms in total. The number of aryl methyl sites for hydroxylation is 2. The average molecular weight is 470 g/mol. The van der Waals surface area contributed by atoms with Gasteiger partial charge in [-0.3, -0.25) is 0 Å². The molecule has 0 spiro atoms. The molecule has 0 heterocycles. The molecule has 2 N–H and O–H groups in total. The van der Waals surface area contributed by atoms with Crippen LogP contribution >= 0.6 is 15.9 Å². The van der Waals surface area contributed by atoms with E-state index >= 15 is 0 Å². The zero-order valence-corrected chi connectivity index (χ0v) is 18.7. The molecule has 156 valence electrons. The van der Waals surface area contributed by atoms with Crippen molar-refractivity contribution in [2.45, 2.75) is 27.0 Å². The van der Waals surface area contributed by atoms with E-state index < -0.39 is 5.97 Å². The summed E-state index contributed by atoms with van der Waals surface area (Å²) in [4.78, 5) is 11.2. The molecule has 0 unspecified atom stereocenters. The molecule has 30 heavy (non-hydrogen) atoms. The quantitative estimate of drug-likeness (QED) is 0.425. The second kappa shape index (κ2) is 9.67. The van der Waals surface area contributed by atoms with Gasteiger partial charge in [0.15, 0.2) is 11.5 Å². The molecule has 0 aliphatic rings. The van der Waals surface area contributed by atoms with Crippen molar-refractivity contribution in [3.05, 3.63) is 86.9 Å². The Bertz CT molecular complexity index is 1070. The lowest BCUT2D eigenvalue weighted by atomic mass is 10.1. The number of hydrogen-bond donors (Lipinski definition) is 2. The number of benzene rings is 3. The molecule has 3 aromatic rings. The Balaban J connectivity index is 1.75. The molecule has 0 amide bonds. The zero-order valence-electron chi connectivity index (χ0n) is 17.2. The van der Waals surface area contributed by atoms with E-state index in [2.05, 4.69) is 40.3 Å². The normalized spacial score (nSPS) is 10.5. The number of anilines is 1. The number of rotatable bonds is 8. The van der Waals surface area contributed by atoms with Crippen LogP contribution in [0.1, 0.15) is 32.6 Å². The van der Waals surface area contributed by atoms with Crippen LogP contribution in [-0.2, 0) is 13.2 Å². The van der Waals surface area contributed by atoms with Crippen LogP contribution in [0.3, 0.4) is 0 Å². The summed E-state index contributed by atoms with van der Waals surface area (Å²) in [6.45, 7) is 4.94. The Morgan fingerprint density at radius 2 is 1.87 bits per heavy atom. The van der Waals surface area contributed by atoms with Gasteiger partial charge in [-0.2, -0.15) is 0 Å². The van der Waals surface area contributed by atoms with Gasteiger partial charge in [0.1, 0.15) is 6.61 Å². The Morgan fingerprint density at radius 3 is 2.57 bits per heavy atom. The lowest BCUT2D eigenvalue weighted by Crippen LogP contribution is -2.05. The van der Waals surface area contributed by atoms with Crippen molar-refractivity contribution in [2.75, 3.05) is 12.4 Å². The zero-order chi connectivity index (χ0) is 21.7. The number of aromatic carboxylic acids is 1. The first-order valence-corrected chi connectivity index (χ1v) is 10.3. The van der Waals surface area contributed by atoms with E-state index in [1.165, 1.54) is 5.56 Å². The summed E-state index contributed by atoms with van der Waals surface area (Å²) in [5, 5.41) is 12.5. The van der Waals surface area contributed by atoms with Gasteiger partial charge in [0.2, 0.25) is 0 Å². The van der Waals surface area contributed by atoms with E-state index in [0.29, 0.717) is 24.7 Å². The van der Waals surface area contributed by atoms with Gasteiger partial charge < -0.3 is 19.9 Å². The summed E-state index contributed by atoms with van der Waals surface area (Å²) in [7, 11) is 1.61. The van der Waals surface area contributed by atoms with Gasteiger partial charge >= 0.3 is 5.97 Å². The molecule has 0 aliphatic heterocycles. The minimum atomic E-state index is -0.947. The van der Waals surface area contributed by atoms with Crippen molar-refractivity contribution in [1.29, 1.82) is 0 Å². The molecule has 0 atom stereocenters. The molecule has 0 aromatic heterocycles. The maximum absolute atomic E-state index is 11.2. The highest BCUT2D eigenvalue weighted by Gasteiger charge is 2.13. The minimum Gasteiger partial charge on any atom is -0.493 e. The third-order valence-corrected chi connectivity index (χ3v) is 5.31. The average Bonchev–Trinajstić information content (AvgIpc) is 2.71. The van der Waals surface area contributed by atoms with E-state index in [4.69, 9.17) is 9.47 Å². The molecular weight excluding hydrogens is 446 g/mol. The Kier molecular flexibility index (Phi) is 7.00. The van der Waals surface area contributed by atoms with Crippen LogP contribution in [0.5, 0.6) is 11.5 Å². The third-order valence-electron chi connectivity index (χ3n) is 4.72. The molecule has 0 saturated carbocycles. The van der Waals surface area contributed by atoms with Crippen molar-refractivity contribution >= 4 is 27.6 Å². The van der Waals surface area contributed by atoms with Crippen molar-refractivity contribution in [3.8, 4) is 11.5 Å². The van der Waals surface area contributed by atoms with Crippen LogP contribution in [0.4, 0.5) is 5.69 Å². The van der Waals surface area contributed by atoms with Gasteiger partial charge in [-0.25, -0.2) is 4.79 Å². The highest BCUT2D eigenvalue weighted by molar-refractivity contribution is 9.10. The number of hydrogen-bond acceptors (Lipinski definition) is 4.